The molecule has 0 spiro atoms. The molecular weight excluding hydrogens is 214 g/mol. The van der Waals surface area contributed by atoms with Crippen molar-refractivity contribution in [3.8, 4) is 0 Å². The maximum absolute atomic E-state index is 3.39. The highest BCUT2D eigenvalue weighted by Crippen LogP contribution is 2.24. The van der Waals surface area contributed by atoms with Gasteiger partial charge >= 0.3 is 0 Å². The minimum absolute atomic E-state index is 0.727. The fraction of sp³-hybridized carbons (Fsp3) is 0.571. The van der Waals surface area contributed by atoms with Crippen molar-refractivity contribution in [2.75, 3.05) is 18.8 Å². The van der Waals surface area contributed by atoms with Gasteiger partial charge in [0.15, 0.2) is 0 Å². The highest BCUT2D eigenvalue weighted by Gasteiger charge is 2.04. The standard InChI is InChI=1S/C14H23NS/c1-5-15-9-12(3)10-16-14-7-6-11(2)8-13(14)4/h6-8,12,15H,5,9-10H2,1-4H3. The number of hydrogen-bond donors (Lipinski definition) is 1. The van der Waals surface area contributed by atoms with Crippen LogP contribution in [0.5, 0.6) is 0 Å². The zero-order chi connectivity index (χ0) is 12.0. The van der Waals surface area contributed by atoms with Crippen LogP contribution in [0.4, 0.5) is 0 Å². The van der Waals surface area contributed by atoms with E-state index in [0.29, 0.717) is 0 Å². The van der Waals surface area contributed by atoms with Crippen molar-refractivity contribution in [2.24, 2.45) is 5.92 Å². The van der Waals surface area contributed by atoms with E-state index in [2.05, 4.69) is 51.2 Å². The molecule has 0 aliphatic rings. The van der Waals surface area contributed by atoms with Crippen LogP contribution in [0.15, 0.2) is 23.1 Å². The van der Waals surface area contributed by atoms with E-state index in [0.717, 1.165) is 19.0 Å². The van der Waals surface area contributed by atoms with Crippen molar-refractivity contribution in [3.63, 3.8) is 0 Å². The van der Waals surface area contributed by atoms with Gasteiger partial charge in [0.25, 0.3) is 0 Å². The second-order valence-corrected chi connectivity index (χ2v) is 5.55. The summed E-state index contributed by atoms with van der Waals surface area (Å²) in [6.45, 7) is 11.0. The summed E-state index contributed by atoms with van der Waals surface area (Å²) in [6, 6.07) is 6.71. The second-order valence-electron chi connectivity index (χ2n) is 4.49. The fourth-order valence-electron chi connectivity index (χ4n) is 1.64. The predicted molar refractivity (Wildman–Crippen MR) is 74.3 cm³/mol. The summed E-state index contributed by atoms with van der Waals surface area (Å²) in [5, 5.41) is 3.39. The summed E-state index contributed by atoms with van der Waals surface area (Å²) < 4.78 is 0. The van der Waals surface area contributed by atoms with Crippen LogP contribution in [0.3, 0.4) is 0 Å². The lowest BCUT2D eigenvalue weighted by molar-refractivity contribution is 0.574. The Labute approximate surface area is 104 Å². The lowest BCUT2D eigenvalue weighted by atomic mass is 10.2. The normalized spacial score (nSPS) is 12.8. The van der Waals surface area contributed by atoms with Crippen LogP contribution in [-0.2, 0) is 0 Å². The Kier molecular flexibility index (Phi) is 5.93. The predicted octanol–water partition coefficient (Wildman–Crippen LogP) is 3.64. The molecule has 0 fully saturated rings. The molecule has 1 N–H and O–H groups in total. The van der Waals surface area contributed by atoms with Gasteiger partial charge in [0, 0.05) is 10.6 Å². The molecule has 0 saturated heterocycles. The van der Waals surface area contributed by atoms with E-state index >= 15 is 0 Å². The molecule has 2 heteroatoms. The Balaban J connectivity index is 2.42. The molecular formula is C14H23NS. The van der Waals surface area contributed by atoms with Crippen molar-refractivity contribution < 1.29 is 0 Å². The Morgan fingerprint density at radius 2 is 2.06 bits per heavy atom. The summed E-state index contributed by atoms with van der Waals surface area (Å²) in [5.74, 6) is 1.92. The zero-order valence-electron chi connectivity index (χ0n) is 10.8. The third-order valence-electron chi connectivity index (χ3n) is 2.60. The largest absolute Gasteiger partial charge is 0.317 e. The Bertz CT molecular complexity index is 323. The zero-order valence-corrected chi connectivity index (χ0v) is 11.7. The molecule has 0 bridgehead atoms. The van der Waals surface area contributed by atoms with Crippen LogP contribution in [0, 0.1) is 19.8 Å². The molecule has 0 aromatic heterocycles. The van der Waals surface area contributed by atoms with Gasteiger partial charge in [0.05, 0.1) is 0 Å². The first-order chi connectivity index (χ1) is 7.63. The number of nitrogens with one attached hydrogen (secondary N) is 1. The van der Waals surface area contributed by atoms with Crippen LogP contribution in [0.25, 0.3) is 0 Å². The fourth-order valence-corrected chi connectivity index (χ4v) is 2.68. The molecule has 1 aromatic rings. The molecule has 16 heavy (non-hydrogen) atoms. The van der Waals surface area contributed by atoms with Crippen LogP contribution in [-0.4, -0.2) is 18.8 Å². The first-order valence-electron chi connectivity index (χ1n) is 6.04. The topological polar surface area (TPSA) is 12.0 Å². The van der Waals surface area contributed by atoms with E-state index in [1.807, 2.05) is 11.8 Å². The molecule has 0 aliphatic heterocycles. The van der Waals surface area contributed by atoms with E-state index in [9.17, 15) is 0 Å². The molecule has 1 aromatic carbocycles. The smallest absolute Gasteiger partial charge is 0.0101 e. The Morgan fingerprint density at radius 1 is 1.31 bits per heavy atom. The maximum Gasteiger partial charge on any atom is 0.0101 e. The molecule has 90 valence electrons. The van der Waals surface area contributed by atoms with Gasteiger partial charge in [0.1, 0.15) is 0 Å². The second kappa shape index (κ2) is 6.97. The molecule has 0 aliphatic carbocycles. The van der Waals surface area contributed by atoms with Crippen molar-refractivity contribution in [2.45, 2.75) is 32.6 Å². The van der Waals surface area contributed by atoms with Gasteiger partial charge < -0.3 is 5.32 Å². The summed E-state index contributed by atoms with van der Waals surface area (Å²) in [4.78, 5) is 1.42. The number of benzene rings is 1. The lowest BCUT2D eigenvalue weighted by Crippen LogP contribution is -2.21. The number of hydrogen-bond acceptors (Lipinski definition) is 2. The minimum Gasteiger partial charge on any atom is -0.317 e. The van der Waals surface area contributed by atoms with Crippen molar-refractivity contribution >= 4 is 11.8 Å². The quantitative estimate of drug-likeness (QED) is 0.758. The maximum atomic E-state index is 3.39. The first-order valence-corrected chi connectivity index (χ1v) is 7.02. The van der Waals surface area contributed by atoms with E-state index in [4.69, 9.17) is 0 Å². The SMILES string of the molecule is CCNCC(C)CSc1ccc(C)cc1C. The van der Waals surface area contributed by atoms with E-state index < -0.39 is 0 Å². The number of thioether (sulfide) groups is 1. The van der Waals surface area contributed by atoms with E-state index in [1.165, 1.54) is 21.8 Å². The van der Waals surface area contributed by atoms with Crippen LogP contribution in [0.1, 0.15) is 25.0 Å². The average molecular weight is 237 g/mol. The van der Waals surface area contributed by atoms with Gasteiger partial charge in [-0.3, -0.25) is 0 Å². The Hall–Kier alpha value is -0.470. The first kappa shape index (κ1) is 13.6. The van der Waals surface area contributed by atoms with Gasteiger partial charge in [-0.1, -0.05) is 31.5 Å². The molecule has 1 atom stereocenters. The third kappa shape index (κ3) is 4.58. The summed E-state index contributed by atoms with van der Waals surface area (Å²) in [6.07, 6.45) is 0. The van der Waals surface area contributed by atoms with Gasteiger partial charge in [0.2, 0.25) is 0 Å². The Morgan fingerprint density at radius 3 is 2.69 bits per heavy atom. The third-order valence-corrected chi connectivity index (χ3v) is 4.10. The van der Waals surface area contributed by atoms with Crippen molar-refractivity contribution in [1.82, 2.24) is 5.32 Å². The van der Waals surface area contributed by atoms with Gasteiger partial charge in [-0.2, -0.15) is 0 Å². The summed E-state index contributed by atoms with van der Waals surface area (Å²) >= 11 is 1.97. The van der Waals surface area contributed by atoms with Crippen LogP contribution < -0.4 is 5.32 Å². The molecule has 1 nitrogen and oxygen atoms in total. The highest BCUT2D eigenvalue weighted by atomic mass is 32.2. The number of aryl methyl sites for hydroxylation is 2. The molecule has 0 saturated carbocycles. The lowest BCUT2D eigenvalue weighted by Gasteiger charge is -2.12. The monoisotopic (exact) mass is 237 g/mol. The van der Waals surface area contributed by atoms with Gasteiger partial charge in [-0.15, -0.1) is 11.8 Å². The van der Waals surface area contributed by atoms with Crippen LogP contribution >= 0.6 is 11.8 Å². The number of rotatable bonds is 6. The average Bonchev–Trinajstić information content (AvgIpc) is 2.25. The molecule has 1 rings (SSSR count). The van der Waals surface area contributed by atoms with E-state index in [1.54, 1.807) is 0 Å². The minimum atomic E-state index is 0.727. The van der Waals surface area contributed by atoms with Crippen molar-refractivity contribution in [3.05, 3.63) is 29.3 Å². The van der Waals surface area contributed by atoms with Crippen LogP contribution in [0.2, 0.25) is 0 Å². The molecule has 0 heterocycles. The molecule has 0 radical (unpaired) electrons. The van der Waals surface area contributed by atoms with Gasteiger partial charge in [-0.05, 0) is 44.5 Å². The highest BCUT2D eigenvalue weighted by molar-refractivity contribution is 7.99. The summed E-state index contributed by atoms with van der Waals surface area (Å²) in [7, 11) is 0. The van der Waals surface area contributed by atoms with Gasteiger partial charge in [-0.25, -0.2) is 0 Å². The molecule has 0 amide bonds. The van der Waals surface area contributed by atoms with Crippen molar-refractivity contribution in [1.29, 1.82) is 0 Å². The van der Waals surface area contributed by atoms with E-state index in [-0.39, 0.29) is 0 Å². The summed E-state index contributed by atoms with van der Waals surface area (Å²) in [5.41, 5.74) is 2.75. The molecule has 1 unspecified atom stereocenters.